The highest BCUT2D eigenvalue weighted by Gasteiger charge is 2.21. The number of phenols is 3. The summed E-state index contributed by atoms with van der Waals surface area (Å²) in [6.07, 6.45) is 0. The molecule has 0 aliphatic carbocycles. The van der Waals surface area contributed by atoms with Crippen molar-refractivity contribution in [2.75, 3.05) is 0 Å². The molecule has 0 atom stereocenters. The Morgan fingerprint density at radius 3 is 2.15 bits per heavy atom. The number of nitrogens with zero attached hydrogens (tertiary/aromatic N) is 4. The standard InChI is InChI=1S/C15H14N4O7/c1-17-9-11(18(2)15(25)19(3)12(9)23)16-14(17)26-13(24)6-4-7(20)10(22)8(21)5-6/h4-5,20-22H,1-3H3. The number of phenolic OH excluding ortho intramolecular Hbond substituents is 3. The molecular weight excluding hydrogens is 348 g/mol. The van der Waals surface area contributed by atoms with Gasteiger partial charge in [-0.1, -0.05) is 0 Å². The first-order valence-electron chi connectivity index (χ1n) is 7.23. The molecular formula is C15H14N4O7. The van der Waals surface area contributed by atoms with Crippen molar-refractivity contribution in [1.82, 2.24) is 18.7 Å². The van der Waals surface area contributed by atoms with Crippen molar-refractivity contribution in [3.63, 3.8) is 0 Å². The fourth-order valence-corrected chi connectivity index (χ4v) is 2.45. The molecule has 0 saturated heterocycles. The monoisotopic (exact) mass is 362 g/mol. The number of hydrogen-bond donors (Lipinski definition) is 3. The van der Waals surface area contributed by atoms with Crippen LogP contribution in [0.4, 0.5) is 0 Å². The van der Waals surface area contributed by atoms with Gasteiger partial charge in [-0.15, -0.1) is 0 Å². The average molecular weight is 362 g/mol. The molecule has 2 heterocycles. The highest BCUT2D eigenvalue weighted by Crippen LogP contribution is 2.35. The lowest BCUT2D eigenvalue weighted by atomic mass is 10.2. The molecule has 0 aliphatic rings. The van der Waals surface area contributed by atoms with E-state index >= 15 is 0 Å². The van der Waals surface area contributed by atoms with E-state index in [0.717, 1.165) is 21.3 Å². The van der Waals surface area contributed by atoms with Gasteiger partial charge >= 0.3 is 17.7 Å². The zero-order valence-corrected chi connectivity index (χ0v) is 13.9. The zero-order valence-electron chi connectivity index (χ0n) is 13.9. The number of fused-ring (bicyclic) bond motifs is 1. The van der Waals surface area contributed by atoms with Crippen LogP contribution in [0.2, 0.25) is 0 Å². The van der Waals surface area contributed by atoms with Crippen molar-refractivity contribution < 1.29 is 24.9 Å². The van der Waals surface area contributed by atoms with Crippen molar-refractivity contribution in [2.24, 2.45) is 21.1 Å². The summed E-state index contributed by atoms with van der Waals surface area (Å²) in [5.74, 6) is -3.20. The summed E-state index contributed by atoms with van der Waals surface area (Å²) in [6, 6.07) is 1.53. The molecule has 3 N–H and O–H groups in total. The maximum absolute atomic E-state index is 12.3. The smallest absolute Gasteiger partial charge is 0.346 e. The SMILES string of the molecule is Cn1c(=O)c2c(nc(OC(=O)c3cc(O)c(O)c(O)c3)n2C)n(C)c1=O. The minimum Gasteiger partial charge on any atom is -0.504 e. The molecule has 1 aromatic carbocycles. The highest BCUT2D eigenvalue weighted by molar-refractivity contribution is 5.92. The lowest BCUT2D eigenvalue weighted by molar-refractivity contribution is 0.0714. The lowest BCUT2D eigenvalue weighted by Crippen LogP contribution is -2.37. The second-order valence-electron chi connectivity index (χ2n) is 5.58. The van der Waals surface area contributed by atoms with Gasteiger partial charge in [-0.2, -0.15) is 4.98 Å². The molecule has 11 heteroatoms. The molecule has 0 unspecified atom stereocenters. The van der Waals surface area contributed by atoms with Crippen LogP contribution in [0, 0.1) is 0 Å². The third-order valence-corrected chi connectivity index (χ3v) is 3.92. The summed E-state index contributed by atoms with van der Waals surface area (Å²) >= 11 is 0. The van der Waals surface area contributed by atoms with E-state index < -0.39 is 34.5 Å². The number of imidazole rings is 1. The number of ether oxygens (including phenoxy) is 1. The summed E-state index contributed by atoms with van der Waals surface area (Å²) in [4.78, 5) is 40.5. The van der Waals surface area contributed by atoms with Crippen LogP contribution in [0.1, 0.15) is 10.4 Å². The number of rotatable bonds is 2. The highest BCUT2D eigenvalue weighted by atomic mass is 16.6. The van der Waals surface area contributed by atoms with Crippen LogP contribution < -0.4 is 16.0 Å². The third kappa shape index (κ3) is 2.37. The Morgan fingerprint density at radius 2 is 1.58 bits per heavy atom. The predicted molar refractivity (Wildman–Crippen MR) is 87.6 cm³/mol. The molecule has 2 aromatic heterocycles. The summed E-state index contributed by atoms with van der Waals surface area (Å²) < 4.78 is 8.33. The van der Waals surface area contributed by atoms with E-state index in [1.54, 1.807) is 0 Å². The number of aromatic hydroxyl groups is 3. The molecule has 11 nitrogen and oxygen atoms in total. The van der Waals surface area contributed by atoms with E-state index in [-0.39, 0.29) is 22.7 Å². The number of aryl methyl sites for hydroxylation is 2. The normalized spacial score (nSPS) is 11.0. The van der Waals surface area contributed by atoms with Crippen LogP contribution in [0.15, 0.2) is 21.7 Å². The predicted octanol–water partition coefficient (Wildman–Crippen LogP) is -0.693. The number of esters is 1. The van der Waals surface area contributed by atoms with Gasteiger partial charge in [0.25, 0.3) is 5.56 Å². The Morgan fingerprint density at radius 1 is 1.00 bits per heavy atom. The van der Waals surface area contributed by atoms with Gasteiger partial charge in [-0.3, -0.25) is 18.5 Å². The van der Waals surface area contributed by atoms with Crippen molar-refractivity contribution >= 4 is 17.1 Å². The molecule has 0 amide bonds. The fourth-order valence-electron chi connectivity index (χ4n) is 2.45. The number of hydrogen-bond acceptors (Lipinski definition) is 8. The number of carbonyl (C=O) groups excluding carboxylic acids is 1. The maximum Gasteiger partial charge on any atom is 0.346 e. The van der Waals surface area contributed by atoms with Gasteiger partial charge in [0, 0.05) is 21.1 Å². The summed E-state index contributed by atoms with van der Waals surface area (Å²) in [5, 5.41) is 28.3. The Hall–Kier alpha value is -3.76. The summed E-state index contributed by atoms with van der Waals surface area (Å²) in [5.41, 5.74) is -1.38. The number of benzene rings is 1. The number of aromatic nitrogens is 4. The molecule has 136 valence electrons. The summed E-state index contributed by atoms with van der Waals surface area (Å²) in [6.45, 7) is 0. The van der Waals surface area contributed by atoms with Crippen LogP contribution in [0.5, 0.6) is 23.3 Å². The molecule has 0 fully saturated rings. The first-order chi connectivity index (χ1) is 12.1. The Kier molecular flexibility index (Phi) is 3.71. The van der Waals surface area contributed by atoms with Crippen molar-refractivity contribution in [2.45, 2.75) is 0 Å². The average Bonchev–Trinajstić information content (AvgIpc) is 2.92. The molecule has 3 aromatic rings. The van der Waals surface area contributed by atoms with E-state index in [0.29, 0.717) is 0 Å². The van der Waals surface area contributed by atoms with Crippen LogP contribution in [0.3, 0.4) is 0 Å². The van der Waals surface area contributed by atoms with Gasteiger partial charge in [0.1, 0.15) is 0 Å². The summed E-state index contributed by atoms with van der Waals surface area (Å²) in [7, 11) is 4.15. The minimum atomic E-state index is -1.00. The van der Waals surface area contributed by atoms with Crippen LogP contribution in [-0.2, 0) is 21.1 Å². The van der Waals surface area contributed by atoms with Crippen molar-refractivity contribution in [3.05, 3.63) is 38.5 Å². The third-order valence-electron chi connectivity index (χ3n) is 3.92. The van der Waals surface area contributed by atoms with Crippen molar-refractivity contribution in [3.8, 4) is 23.3 Å². The Balaban J connectivity index is 2.10. The second kappa shape index (κ2) is 5.65. The van der Waals surface area contributed by atoms with E-state index in [9.17, 15) is 29.7 Å². The molecule has 26 heavy (non-hydrogen) atoms. The van der Waals surface area contributed by atoms with Gasteiger partial charge < -0.3 is 20.1 Å². The molecule has 0 bridgehead atoms. The first kappa shape index (κ1) is 17.1. The van der Waals surface area contributed by atoms with Gasteiger partial charge in [-0.05, 0) is 12.1 Å². The Bertz CT molecular complexity index is 1160. The fraction of sp³-hybridized carbons (Fsp3) is 0.200. The van der Waals surface area contributed by atoms with Gasteiger partial charge in [0.2, 0.25) is 0 Å². The molecule has 3 rings (SSSR count). The van der Waals surface area contributed by atoms with E-state index in [1.807, 2.05) is 0 Å². The van der Waals surface area contributed by atoms with Gasteiger partial charge in [0.05, 0.1) is 5.56 Å². The second-order valence-corrected chi connectivity index (χ2v) is 5.58. The zero-order chi connectivity index (χ0) is 19.3. The van der Waals surface area contributed by atoms with E-state index in [2.05, 4.69) is 4.98 Å². The molecule has 0 radical (unpaired) electrons. The largest absolute Gasteiger partial charge is 0.504 e. The topological polar surface area (TPSA) is 149 Å². The van der Waals surface area contributed by atoms with E-state index in [1.165, 1.54) is 25.7 Å². The maximum atomic E-state index is 12.3. The minimum absolute atomic E-state index is 0.0276. The van der Waals surface area contributed by atoms with Gasteiger partial charge in [-0.25, -0.2) is 9.59 Å². The van der Waals surface area contributed by atoms with Crippen LogP contribution in [0.25, 0.3) is 11.2 Å². The van der Waals surface area contributed by atoms with Crippen molar-refractivity contribution in [1.29, 1.82) is 0 Å². The van der Waals surface area contributed by atoms with E-state index in [4.69, 9.17) is 4.74 Å². The Labute approximate surface area is 144 Å². The lowest BCUT2D eigenvalue weighted by Gasteiger charge is -2.06. The molecule has 0 aliphatic heterocycles. The first-order valence-corrected chi connectivity index (χ1v) is 7.23. The van der Waals surface area contributed by atoms with Crippen LogP contribution >= 0.6 is 0 Å². The molecule has 0 spiro atoms. The quantitative estimate of drug-likeness (QED) is 0.400. The number of carbonyl (C=O) groups is 1. The van der Waals surface area contributed by atoms with Crippen LogP contribution in [-0.4, -0.2) is 40.0 Å². The van der Waals surface area contributed by atoms with Gasteiger partial charge in [0.15, 0.2) is 28.4 Å². The molecule has 0 saturated carbocycles.